The first-order chi connectivity index (χ1) is 12.4. The van der Waals surface area contributed by atoms with Gasteiger partial charge in [-0.2, -0.15) is 0 Å². The molecule has 0 amide bonds. The van der Waals surface area contributed by atoms with Gasteiger partial charge in [0, 0.05) is 5.56 Å². The zero-order chi connectivity index (χ0) is 18.6. The number of hydrogen-bond donors (Lipinski definition) is 0. The van der Waals surface area contributed by atoms with E-state index in [-0.39, 0.29) is 4.90 Å². The third-order valence-corrected chi connectivity index (χ3v) is 5.49. The highest BCUT2D eigenvalue weighted by Crippen LogP contribution is 2.23. The van der Waals surface area contributed by atoms with Crippen LogP contribution in [0.2, 0.25) is 0 Å². The highest BCUT2D eigenvalue weighted by Gasteiger charge is 2.20. The maximum Gasteiger partial charge on any atom is 0.185 e. The monoisotopic (exact) mass is 366 g/mol. The Kier molecular flexibility index (Phi) is 5.19. The number of aryl methyl sites for hydroxylation is 1. The van der Waals surface area contributed by atoms with E-state index in [2.05, 4.69) is 0 Å². The predicted octanol–water partition coefficient (Wildman–Crippen LogP) is 4.44. The summed E-state index contributed by atoms with van der Waals surface area (Å²) in [6.45, 7) is 1.91. The summed E-state index contributed by atoms with van der Waals surface area (Å²) in [7, 11) is -3.71. The lowest BCUT2D eigenvalue weighted by Crippen LogP contribution is -2.16. The van der Waals surface area contributed by atoms with Crippen LogP contribution in [-0.2, 0) is 9.84 Å². The van der Waals surface area contributed by atoms with Crippen molar-refractivity contribution in [3.63, 3.8) is 0 Å². The quantitative estimate of drug-likeness (QED) is 0.605. The second-order valence-corrected chi connectivity index (χ2v) is 7.92. The third kappa shape index (κ3) is 4.37. The van der Waals surface area contributed by atoms with Gasteiger partial charge < -0.3 is 4.74 Å². The molecule has 5 heteroatoms. The normalized spacial score (nSPS) is 11.1. The van der Waals surface area contributed by atoms with Gasteiger partial charge in [-0.1, -0.05) is 48.0 Å². The number of carbonyl (C=O) groups excluding carboxylic acids is 1. The average molecular weight is 366 g/mol. The van der Waals surface area contributed by atoms with Crippen LogP contribution >= 0.6 is 0 Å². The van der Waals surface area contributed by atoms with E-state index in [4.69, 9.17) is 4.74 Å². The molecule has 0 atom stereocenters. The topological polar surface area (TPSA) is 60.4 Å². The van der Waals surface area contributed by atoms with E-state index in [1.54, 1.807) is 36.4 Å². The lowest BCUT2D eigenvalue weighted by Gasteiger charge is -2.08. The Hall–Kier alpha value is -2.92. The molecule has 0 fully saturated rings. The number of sulfone groups is 1. The van der Waals surface area contributed by atoms with E-state index in [0.717, 1.165) is 5.56 Å². The Morgan fingerprint density at radius 2 is 1.38 bits per heavy atom. The summed E-state index contributed by atoms with van der Waals surface area (Å²) in [6, 6.07) is 22.1. The molecule has 3 rings (SSSR count). The Labute approximate surface area is 153 Å². The number of Topliss-reactive ketones (excluding diaryl/α,β-unsaturated/α-hetero) is 1. The number of hydrogen-bond acceptors (Lipinski definition) is 4. The van der Waals surface area contributed by atoms with Gasteiger partial charge >= 0.3 is 0 Å². The van der Waals surface area contributed by atoms with E-state index in [1.165, 1.54) is 12.1 Å². The molecule has 0 heterocycles. The van der Waals surface area contributed by atoms with E-state index < -0.39 is 21.4 Å². The van der Waals surface area contributed by atoms with E-state index >= 15 is 0 Å². The molecule has 0 N–H and O–H groups in total. The highest BCUT2D eigenvalue weighted by molar-refractivity contribution is 7.92. The Morgan fingerprint density at radius 3 is 2.00 bits per heavy atom. The maximum absolute atomic E-state index is 12.5. The Balaban J connectivity index is 1.72. The average Bonchev–Trinajstić information content (AvgIpc) is 2.63. The van der Waals surface area contributed by atoms with Crippen molar-refractivity contribution in [2.75, 3.05) is 5.75 Å². The molecule has 0 bridgehead atoms. The van der Waals surface area contributed by atoms with E-state index in [1.807, 2.05) is 37.3 Å². The van der Waals surface area contributed by atoms with Crippen molar-refractivity contribution in [1.82, 2.24) is 0 Å². The van der Waals surface area contributed by atoms with Crippen molar-refractivity contribution in [3.8, 4) is 11.5 Å². The van der Waals surface area contributed by atoms with E-state index in [0.29, 0.717) is 17.1 Å². The highest BCUT2D eigenvalue weighted by atomic mass is 32.2. The first-order valence-corrected chi connectivity index (χ1v) is 9.75. The predicted molar refractivity (Wildman–Crippen MR) is 101 cm³/mol. The lowest BCUT2D eigenvalue weighted by molar-refractivity contribution is 0.102. The van der Waals surface area contributed by atoms with E-state index in [9.17, 15) is 13.2 Å². The molecule has 3 aromatic rings. The standard InChI is InChI=1S/C21H18O4S/c1-16-7-9-17(10-8-16)21(22)15-26(23,24)20-13-11-19(12-14-20)25-18-5-3-2-4-6-18/h2-14H,15H2,1H3. The van der Waals surface area contributed by atoms with Gasteiger partial charge in [0.2, 0.25) is 0 Å². The molecule has 0 aliphatic heterocycles. The summed E-state index contributed by atoms with van der Waals surface area (Å²) in [5, 5.41) is 0. The van der Waals surface area contributed by atoms with Gasteiger partial charge in [0.1, 0.15) is 17.3 Å². The molecular formula is C21H18O4S. The second-order valence-electron chi connectivity index (χ2n) is 5.93. The molecule has 0 aliphatic rings. The molecular weight excluding hydrogens is 348 g/mol. The van der Waals surface area contributed by atoms with Gasteiger partial charge in [0.05, 0.1) is 4.90 Å². The van der Waals surface area contributed by atoms with Crippen molar-refractivity contribution < 1.29 is 17.9 Å². The molecule has 3 aromatic carbocycles. The summed E-state index contributed by atoms with van der Waals surface area (Å²) >= 11 is 0. The minimum absolute atomic E-state index is 0.0957. The number of rotatable bonds is 6. The van der Waals surface area contributed by atoms with Gasteiger partial charge in [-0.25, -0.2) is 8.42 Å². The number of ketones is 1. The van der Waals surface area contributed by atoms with Crippen LogP contribution in [0.3, 0.4) is 0 Å². The Bertz CT molecular complexity index is 990. The first-order valence-electron chi connectivity index (χ1n) is 8.10. The van der Waals surface area contributed by atoms with Gasteiger partial charge in [-0.3, -0.25) is 4.79 Å². The number of para-hydroxylation sites is 1. The summed E-state index contributed by atoms with van der Waals surface area (Å²) in [4.78, 5) is 12.3. The van der Waals surface area contributed by atoms with Gasteiger partial charge in [-0.15, -0.1) is 0 Å². The third-order valence-electron chi connectivity index (χ3n) is 3.86. The fraction of sp³-hybridized carbons (Fsp3) is 0.0952. The second kappa shape index (κ2) is 7.54. The molecule has 0 spiro atoms. The Morgan fingerprint density at radius 1 is 0.808 bits per heavy atom. The fourth-order valence-electron chi connectivity index (χ4n) is 2.42. The zero-order valence-corrected chi connectivity index (χ0v) is 15.1. The summed E-state index contributed by atoms with van der Waals surface area (Å²) in [6.07, 6.45) is 0. The molecule has 0 aliphatic carbocycles. The molecule has 132 valence electrons. The van der Waals surface area contributed by atoms with Crippen LogP contribution in [-0.4, -0.2) is 20.0 Å². The van der Waals surface area contributed by atoms with Crippen molar-refractivity contribution in [3.05, 3.63) is 90.0 Å². The van der Waals surface area contributed by atoms with Crippen LogP contribution in [0.5, 0.6) is 11.5 Å². The van der Waals surface area contributed by atoms with Crippen molar-refractivity contribution in [1.29, 1.82) is 0 Å². The van der Waals surface area contributed by atoms with Crippen molar-refractivity contribution >= 4 is 15.6 Å². The van der Waals surface area contributed by atoms with Gasteiger partial charge in [-0.05, 0) is 43.3 Å². The molecule has 26 heavy (non-hydrogen) atoms. The number of ether oxygens (including phenoxy) is 1. The number of carbonyl (C=O) groups is 1. The summed E-state index contributed by atoms with van der Waals surface area (Å²) < 4.78 is 30.6. The summed E-state index contributed by atoms with van der Waals surface area (Å²) in [5.41, 5.74) is 1.40. The molecule has 0 saturated carbocycles. The molecule has 4 nitrogen and oxygen atoms in total. The maximum atomic E-state index is 12.5. The van der Waals surface area contributed by atoms with Crippen LogP contribution in [0.25, 0.3) is 0 Å². The largest absolute Gasteiger partial charge is 0.457 e. The fourth-order valence-corrected chi connectivity index (χ4v) is 3.65. The van der Waals surface area contributed by atoms with Crippen LogP contribution < -0.4 is 4.74 Å². The minimum atomic E-state index is -3.71. The molecule has 0 aromatic heterocycles. The van der Waals surface area contributed by atoms with Crippen LogP contribution in [0, 0.1) is 6.92 Å². The van der Waals surface area contributed by atoms with Crippen LogP contribution in [0.4, 0.5) is 0 Å². The molecule has 0 radical (unpaired) electrons. The zero-order valence-electron chi connectivity index (χ0n) is 14.3. The van der Waals surface area contributed by atoms with Crippen molar-refractivity contribution in [2.24, 2.45) is 0 Å². The van der Waals surface area contributed by atoms with Gasteiger partial charge in [0.25, 0.3) is 0 Å². The number of benzene rings is 3. The molecule has 0 saturated heterocycles. The van der Waals surface area contributed by atoms with Crippen LogP contribution in [0.1, 0.15) is 15.9 Å². The van der Waals surface area contributed by atoms with Crippen LogP contribution in [0.15, 0.2) is 83.8 Å². The SMILES string of the molecule is Cc1ccc(C(=O)CS(=O)(=O)c2ccc(Oc3ccccc3)cc2)cc1. The molecule has 0 unspecified atom stereocenters. The van der Waals surface area contributed by atoms with Crippen molar-refractivity contribution in [2.45, 2.75) is 11.8 Å². The summed E-state index contributed by atoms with van der Waals surface area (Å²) in [5.74, 6) is 0.210. The minimum Gasteiger partial charge on any atom is -0.457 e. The first kappa shape index (κ1) is 17.9. The van der Waals surface area contributed by atoms with Gasteiger partial charge in [0.15, 0.2) is 15.6 Å². The lowest BCUT2D eigenvalue weighted by atomic mass is 10.1. The smallest absolute Gasteiger partial charge is 0.185 e.